The molecule has 18 heavy (non-hydrogen) atoms. The molecule has 2 aromatic rings. The molecular weight excluding hydrogens is 220 g/mol. The molecule has 0 heterocycles. The van der Waals surface area contributed by atoms with Gasteiger partial charge < -0.3 is 0 Å². The molecule has 2 rings (SSSR count). The van der Waals surface area contributed by atoms with Crippen LogP contribution in [0.1, 0.15) is 16.7 Å². The van der Waals surface area contributed by atoms with Crippen LogP contribution < -0.4 is 0 Å². The van der Waals surface area contributed by atoms with Crippen LogP contribution in [-0.4, -0.2) is 12.6 Å². The Balaban J connectivity index is 2.16. The lowest BCUT2D eigenvalue weighted by molar-refractivity contribution is 1.06. The van der Waals surface area contributed by atoms with Gasteiger partial charge in [0.2, 0.25) is 0 Å². The first-order chi connectivity index (χ1) is 8.79. The Morgan fingerprint density at radius 1 is 1.00 bits per heavy atom. The molecule has 0 amide bonds. The molecule has 0 radical (unpaired) electrons. The van der Waals surface area contributed by atoms with E-state index in [1.807, 2.05) is 30.3 Å². The lowest BCUT2D eigenvalue weighted by Crippen LogP contribution is -1.97. The van der Waals surface area contributed by atoms with Gasteiger partial charge in [-0.05, 0) is 19.2 Å². The van der Waals surface area contributed by atoms with Crippen LogP contribution in [0.15, 0.2) is 64.6 Å². The number of hydrogen-bond donors (Lipinski definition) is 0. The van der Waals surface area contributed by atoms with Gasteiger partial charge in [-0.3, -0.25) is 4.99 Å². The number of rotatable bonds is 3. The second kappa shape index (κ2) is 5.92. The van der Waals surface area contributed by atoms with Crippen LogP contribution in [0.5, 0.6) is 0 Å². The molecule has 0 N–H and O–H groups in total. The van der Waals surface area contributed by atoms with E-state index in [0.717, 1.165) is 5.56 Å². The van der Waals surface area contributed by atoms with Gasteiger partial charge in [0.1, 0.15) is 0 Å². The standard InChI is InChI=1S/C16H16N2/c1-13-8-10-14(11-9-13)12-18-16(17-2)15-6-4-3-5-7-15/h3-11H,2,12H2,1H3. The van der Waals surface area contributed by atoms with Crippen molar-refractivity contribution in [3.63, 3.8) is 0 Å². The van der Waals surface area contributed by atoms with Crippen LogP contribution in [0.4, 0.5) is 0 Å². The summed E-state index contributed by atoms with van der Waals surface area (Å²) < 4.78 is 0. The van der Waals surface area contributed by atoms with Crippen LogP contribution in [0.2, 0.25) is 0 Å². The third-order valence-electron chi connectivity index (χ3n) is 2.71. The smallest absolute Gasteiger partial charge is 0.154 e. The topological polar surface area (TPSA) is 24.7 Å². The van der Waals surface area contributed by atoms with Crippen molar-refractivity contribution in [1.82, 2.24) is 0 Å². The molecule has 0 atom stereocenters. The van der Waals surface area contributed by atoms with Crippen LogP contribution in [0, 0.1) is 6.92 Å². The number of hydrogen-bond acceptors (Lipinski definition) is 1. The van der Waals surface area contributed by atoms with Gasteiger partial charge in [-0.2, -0.15) is 0 Å². The molecule has 0 unspecified atom stereocenters. The molecule has 0 saturated heterocycles. The highest BCUT2D eigenvalue weighted by Crippen LogP contribution is 2.07. The number of benzene rings is 2. The normalized spacial score (nSPS) is 11.3. The first kappa shape index (κ1) is 12.2. The van der Waals surface area contributed by atoms with Crippen molar-refractivity contribution in [3.8, 4) is 0 Å². The molecule has 0 aliphatic carbocycles. The number of aliphatic imine (C=N–C) groups is 2. The predicted octanol–water partition coefficient (Wildman–Crippen LogP) is 3.64. The Morgan fingerprint density at radius 2 is 1.67 bits per heavy atom. The molecule has 2 aromatic carbocycles. The Labute approximate surface area is 108 Å². The van der Waals surface area contributed by atoms with Crippen molar-refractivity contribution in [2.24, 2.45) is 9.98 Å². The molecule has 0 saturated carbocycles. The van der Waals surface area contributed by atoms with Gasteiger partial charge in [0.15, 0.2) is 5.84 Å². The van der Waals surface area contributed by atoms with E-state index in [-0.39, 0.29) is 0 Å². The van der Waals surface area contributed by atoms with Crippen molar-refractivity contribution in [1.29, 1.82) is 0 Å². The van der Waals surface area contributed by atoms with E-state index in [0.29, 0.717) is 12.4 Å². The maximum absolute atomic E-state index is 4.50. The zero-order valence-electron chi connectivity index (χ0n) is 10.5. The SMILES string of the molecule is C=NC(=NCc1ccc(C)cc1)c1ccccc1. The van der Waals surface area contributed by atoms with Crippen LogP contribution in [0.3, 0.4) is 0 Å². The van der Waals surface area contributed by atoms with E-state index in [1.54, 1.807) is 0 Å². The fourth-order valence-electron chi connectivity index (χ4n) is 1.68. The number of aryl methyl sites for hydroxylation is 1. The van der Waals surface area contributed by atoms with Crippen molar-refractivity contribution in [2.75, 3.05) is 0 Å². The lowest BCUT2D eigenvalue weighted by Gasteiger charge is -2.02. The number of nitrogens with zero attached hydrogens (tertiary/aromatic N) is 2. The second-order valence-corrected chi connectivity index (χ2v) is 4.15. The summed E-state index contributed by atoms with van der Waals surface area (Å²) in [5, 5.41) is 0. The minimum absolute atomic E-state index is 0.628. The van der Waals surface area contributed by atoms with E-state index in [4.69, 9.17) is 0 Å². The van der Waals surface area contributed by atoms with E-state index in [2.05, 4.69) is 47.9 Å². The van der Waals surface area contributed by atoms with Crippen molar-refractivity contribution in [2.45, 2.75) is 13.5 Å². The summed E-state index contributed by atoms with van der Waals surface area (Å²) in [5.41, 5.74) is 3.44. The fourth-order valence-corrected chi connectivity index (χ4v) is 1.68. The molecule has 0 fully saturated rings. The Kier molecular flexibility index (Phi) is 4.02. The highest BCUT2D eigenvalue weighted by molar-refractivity contribution is 6.01. The first-order valence-corrected chi connectivity index (χ1v) is 5.92. The van der Waals surface area contributed by atoms with Gasteiger partial charge in [-0.15, -0.1) is 0 Å². The molecule has 2 nitrogen and oxygen atoms in total. The largest absolute Gasteiger partial charge is 0.261 e. The minimum Gasteiger partial charge on any atom is -0.261 e. The van der Waals surface area contributed by atoms with Gasteiger partial charge in [-0.25, -0.2) is 4.99 Å². The summed E-state index contributed by atoms with van der Waals surface area (Å²) in [4.78, 5) is 8.49. The monoisotopic (exact) mass is 236 g/mol. The minimum atomic E-state index is 0.628. The summed E-state index contributed by atoms with van der Waals surface area (Å²) in [5.74, 6) is 0.691. The van der Waals surface area contributed by atoms with Crippen LogP contribution in [-0.2, 0) is 6.54 Å². The summed E-state index contributed by atoms with van der Waals surface area (Å²) in [6, 6.07) is 18.3. The van der Waals surface area contributed by atoms with Gasteiger partial charge >= 0.3 is 0 Å². The van der Waals surface area contributed by atoms with Crippen molar-refractivity contribution < 1.29 is 0 Å². The highest BCUT2D eigenvalue weighted by Gasteiger charge is 1.99. The molecule has 2 heteroatoms. The lowest BCUT2D eigenvalue weighted by atomic mass is 10.1. The third-order valence-corrected chi connectivity index (χ3v) is 2.71. The third kappa shape index (κ3) is 3.14. The molecule has 0 aromatic heterocycles. The van der Waals surface area contributed by atoms with Gasteiger partial charge in [0.25, 0.3) is 0 Å². The summed E-state index contributed by atoms with van der Waals surface area (Å²) in [6.07, 6.45) is 0. The maximum atomic E-state index is 4.50. The van der Waals surface area contributed by atoms with E-state index < -0.39 is 0 Å². The van der Waals surface area contributed by atoms with Crippen LogP contribution >= 0.6 is 0 Å². The Bertz CT molecular complexity index is 539. The Hall–Kier alpha value is -2.22. The molecule has 0 spiro atoms. The van der Waals surface area contributed by atoms with E-state index >= 15 is 0 Å². The van der Waals surface area contributed by atoms with Gasteiger partial charge in [0, 0.05) is 5.56 Å². The maximum Gasteiger partial charge on any atom is 0.154 e. The van der Waals surface area contributed by atoms with Crippen molar-refractivity contribution >= 4 is 12.6 Å². The van der Waals surface area contributed by atoms with E-state index in [1.165, 1.54) is 11.1 Å². The molecule has 0 aliphatic heterocycles. The first-order valence-electron chi connectivity index (χ1n) is 5.92. The fraction of sp³-hybridized carbons (Fsp3) is 0.125. The quantitative estimate of drug-likeness (QED) is 0.574. The number of amidine groups is 1. The summed E-state index contributed by atoms with van der Waals surface area (Å²) in [7, 11) is 0. The average Bonchev–Trinajstić information content (AvgIpc) is 2.43. The Morgan fingerprint density at radius 3 is 2.28 bits per heavy atom. The zero-order valence-corrected chi connectivity index (χ0v) is 10.5. The van der Waals surface area contributed by atoms with Crippen molar-refractivity contribution in [3.05, 3.63) is 71.3 Å². The summed E-state index contributed by atoms with van der Waals surface area (Å²) in [6.45, 7) is 6.29. The molecule has 0 aliphatic rings. The highest BCUT2D eigenvalue weighted by atomic mass is 14.9. The zero-order chi connectivity index (χ0) is 12.8. The predicted molar refractivity (Wildman–Crippen MR) is 77.4 cm³/mol. The van der Waals surface area contributed by atoms with Gasteiger partial charge in [0.05, 0.1) is 6.54 Å². The molecule has 90 valence electrons. The van der Waals surface area contributed by atoms with Crippen LogP contribution in [0.25, 0.3) is 0 Å². The average molecular weight is 236 g/mol. The van der Waals surface area contributed by atoms with Gasteiger partial charge in [-0.1, -0.05) is 60.2 Å². The molecular formula is C16H16N2. The molecule has 0 bridgehead atoms. The summed E-state index contributed by atoms with van der Waals surface area (Å²) >= 11 is 0. The second-order valence-electron chi connectivity index (χ2n) is 4.15. The van der Waals surface area contributed by atoms with E-state index in [9.17, 15) is 0 Å².